The quantitative estimate of drug-likeness (QED) is 0.231. The van der Waals surface area contributed by atoms with Gasteiger partial charge in [0.2, 0.25) is 0 Å². The number of ether oxygens (including phenoxy) is 3. The molecule has 1 unspecified atom stereocenters. The van der Waals surface area contributed by atoms with Gasteiger partial charge < -0.3 is 19.3 Å². The number of aryl methyl sites for hydroxylation is 1. The molecule has 1 atom stereocenters. The molecule has 192 valence electrons. The Bertz CT molecular complexity index is 1290. The first kappa shape index (κ1) is 25.8. The lowest BCUT2D eigenvalue weighted by Crippen LogP contribution is -2.29. The average molecular weight is 502 g/mol. The van der Waals surface area contributed by atoms with Gasteiger partial charge in [0.15, 0.2) is 0 Å². The van der Waals surface area contributed by atoms with Crippen molar-refractivity contribution in [2.24, 2.45) is 0 Å². The maximum atomic E-state index is 13.5. The summed E-state index contributed by atoms with van der Waals surface area (Å²) in [6, 6.07) is 18.7. The van der Waals surface area contributed by atoms with Crippen LogP contribution in [0.4, 0.5) is 5.69 Å². The van der Waals surface area contributed by atoms with Gasteiger partial charge in [-0.1, -0.05) is 38.1 Å². The zero-order chi connectivity index (χ0) is 26.5. The molecular weight excluding hydrogens is 470 g/mol. The highest BCUT2D eigenvalue weighted by atomic mass is 16.5. The lowest BCUT2D eigenvalue weighted by Gasteiger charge is -2.26. The van der Waals surface area contributed by atoms with Crippen LogP contribution in [0.5, 0.6) is 17.2 Å². The molecule has 1 N–H and O–H groups in total. The maximum absolute atomic E-state index is 13.5. The Morgan fingerprint density at radius 2 is 1.49 bits per heavy atom. The van der Waals surface area contributed by atoms with E-state index in [0.717, 1.165) is 18.4 Å². The molecule has 0 spiro atoms. The zero-order valence-corrected chi connectivity index (χ0v) is 21.5. The lowest BCUT2D eigenvalue weighted by atomic mass is 9.94. The first-order chi connectivity index (χ1) is 17.9. The number of hydrogen-bond donors (Lipinski definition) is 1. The maximum Gasteiger partial charge on any atom is 0.300 e. The number of Topliss-reactive ketones (excluding diaryl/α,β-unsaturated/α-hetero) is 1. The lowest BCUT2D eigenvalue weighted by molar-refractivity contribution is -0.132. The van der Waals surface area contributed by atoms with Crippen molar-refractivity contribution in [2.75, 3.05) is 25.7 Å². The van der Waals surface area contributed by atoms with Crippen molar-refractivity contribution < 1.29 is 28.9 Å². The average Bonchev–Trinajstić information content (AvgIpc) is 3.21. The van der Waals surface area contributed by atoms with Crippen molar-refractivity contribution in [3.63, 3.8) is 0 Å². The Morgan fingerprint density at radius 3 is 2.03 bits per heavy atom. The molecule has 1 aliphatic heterocycles. The molecule has 0 saturated carbocycles. The normalized spacial score (nSPS) is 16.6. The van der Waals surface area contributed by atoms with Crippen LogP contribution in [0.3, 0.4) is 0 Å². The fourth-order valence-corrected chi connectivity index (χ4v) is 4.37. The summed E-state index contributed by atoms with van der Waals surface area (Å²) < 4.78 is 16.4. The molecule has 4 rings (SSSR count). The molecule has 0 radical (unpaired) electrons. The number of aliphatic hydroxyl groups is 1. The molecule has 1 aliphatic rings. The van der Waals surface area contributed by atoms with Crippen LogP contribution in [0.1, 0.15) is 43.0 Å². The number of carbonyl (C=O) groups excluding carboxylic acids is 2. The van der Waals surface area contributed by atoms with Crippen LogP contribution in [0.2, 0.25) is 0 Å². The third-order valence-corrected chi connectivity index (χ3v) is 6.36. The van der Waals surface area contributed by atoms with Crippen molar-refractivity contribution in [2.45, 2.75) is 32.7 Å². The third-order valence-electron chi connectivity index (χ3n) is 6.36. The number of nitrogens with zero attached hydrogens (tertiary/aromatic N) is 1. The number of hydrogen-bond acceptors (Lipinski definition) is 6. The van der Waals surface area contributed by atoms with E-state index in [4.69, 9.17) is 14.2 Å². The molecule has 3 aromatic carbocycles. The molecule has 0 aromatic heterocycles. The Hall–Kier alpha value is -4.26. The summed E-state index contributed by atoms with van der Waals surface area (Å²) in [5, 5.41) is 11.4. The SMILES string of the molecule is CCCOc1ccc(/C(O)=C2\C(=O)C(=O)N(c3cc(OC)cc(OC)c3)C2c2ccc(CC)cc2)cc1. The van der Waals surface area contributed by atoms with Crippen LogP contribution in [-0.2, 0) is 16.0 Å². The largest absolute Gasteiger partial charge is 0.507 e. The molecule has 37 heavy (non-hydrogen) atoms. The van der Waals surface area contributed by atoms with Gasteiger partial charge in [0.1, 0.15) is 23.0 Å². The second-order valence-electron chi connectivity index (χ2n) is 8.71. The number of ketones is 1. The molecule has 0 bridgehead atoms. The summed E-state index contributed by atoms with van der Waals surface area (Å²) in [4.78, 5) is 28.3. The van der Waals surface area contributed by atoms with Crippen LogP contribution >= 0.6 is 0 Å². The smallest absolute Gasteiger partial charge is 0.300 e. The van der Waals surface area contributed by atoms with Crippen LogP contribution in [0, 0.1) is 0 Å². The third kappa shape index (κ3) is 5.16. The van der Waals surface area contributed by atoms with Crippen molar-refractivity contribution in [3.05, 3.63) is 89.0 Å². The van der Waals surface area contributed by atoms with Crippen LogP contribution in [0.25, 0.3) is 5.76 Å². The Kier molecular flexibility index (Phi) is 7.82. The highest BCUT2D eigenvalue weighted by molar-refractivity contribution is 6.51. The zero-order valence-electron chi connectivity index (χ0n) is 21.5. The number of amides is 1. The fraction of sp³-hybridized carbons (Fsp3) is 0.267. The topological polar surface area (TPSA) is 85.3 Å². The van der Waals surface area contributed by atoms with E-state index < -0.39 is 17.7 Å². The minimum Gasteiger partial charge on any atom is -0.507 e. The van der Waals surface area contributed by atoms with E-state index in [1.807, 2.05) is 31.2 Å². The minimum atomic E-state index is -0.848. The second kappa shape index (κ2) is 11.2. The van der Waals surface area contributed by atoms with E-state index in [9.17, 15) is 14.7 Å². The fourth-order valence-electron chi connectivity index (χ4n) is 4.37. The number of carbonyl (C=O) groups is 2. The molecular formula is C30H31NO6. The molecule has 7 nitrogen and oxygen atoms in total. The molecule has 7 heteroatoms. The van der Waals surface area contributed by atoms with Gasteiger partial charge in [-0.25, -0.2) is 0 Å². The summed E-state index contributed by atoms with van der Waals surface area (Å²) in [5.41, 5.74) is 2.66. The van der Waals surface area contributed by atoms with Crippen molar-refractivity contribution >= 4 is 23.1 Å². The molecule has 1 fully saturated rings. The van der Waals surface area contributed by atoms with E-state index in [-0.39, 0.29) is 11.3 Å². The molecule has 1 heterocycles. The standard InChI is InChI=1S/C30H31NO6/c1-5-15-37-23-13-11-21(12-14-23)28(32)26-27(20-9-7-19(6-2)8-10-20)31(30(34)29(26)33)22-16-24(35-3)18-25(17-22)36-4/h7-14,16-18,27,32H,5-6,15H2,1-4H3/b28-26+. The number of anilines is 1. The summed E-state index contributed by atoms with van der Waals surface area (Å²) in [7, 11) is 3.03. The van der Waals surface area contributed by atoms with Gasteiger partial charge in [0.05, 0.1) is 38.1 Å². The number of aliphatic hydroxyl groups excluding tert-OH is 1. The molecule has 1 saturated heterocycles. The second-order valence-corrected chi connectivity index (χ2v) is 8.71. The number of benzene rings is 3. The predicted octanol–water partition coefficient (Wildman–Crippen LogP) is 5.68. The van der Waals surface area contributed by atoms with Crippen LogP contribution < -0.4 is 19.1 Å². The van der Waals surface area contributed by atoms with E-state index >= 15 is 0 Å². The van der Waals surface area contributed by atoms with Gasteiger partial charge in [-0.05, 0) is 48.2 Å². The van der Waals surface area contributed by atoms with Gasteiger partial charge in [-0.2, -0.15) is 0 Å². The Morgan fingerprint density at radius 1 is 0.865 bits per heavy atom. The first-order valence-electron chi connectivity index (χ1n) is 12.3. The van der Waals surface area contributed by atoms with E-state index in [2.05, 4.69) is 6.92 Å². The number of rotatable bonds is 9. The number of methoxy groups -OCH3 is 2. The first-order valence-corrected chi connectivity index (χ1v) is 12.3. The van der Waals surface area contributed by atoms with Gasteiger partial charge in [0.25, 0.3) is 11.7 Å². The summed E-state index contributed by atoms with van der Waals surface area (Å²) in [6.07, 6.45) is 1.72. The van der Waals surface area contributed by atoms with Gasteiger partial charge in [-0.3, -0.25) is 14.5 Å². The minimum absolute atomic E-state index is 0.0123. The molecule has 0 aliphatic carbocycles. The van der Waals surface area contributed by atoms with E-state index in [1.54, 1.807) is 42.5 Å². The van der Waals surface area contributed by atoms with Crippen molar-refractivity contribution in [1.29, 1.82) is 0 Å². The van der Waals surface area contributed by atoms with Crippen molar-refractivity contribution in [1.82, 2.24) is 0 Å². The predicted molar refractivity (Wildman–Crippen MR) is 142 cm³/mol. The highest BCUT2D eigenvalue weighted by Gasteiger charge is 2.47. The van der Waals surface area contributed by atoms with E-state index in [1.165, 1.54) is 19.1 Å². The summed E-state index contributed by atoms with van der Waals surface area (Å²) in [5.74, 6) is -0.158. The van der Waals surface area contributed by atoms with Crippen LogP contribution in [-0.4, -0.2) is 37.6 Å². The Labute approximate surface area is 216 Å². The monoisotopic (exact) mass is 501 g/mol. The molecule has 3 aromatic rings. The highest BCUT2D eigenvalue weighted by Crippen LogP contribution is 2.44. The van der Waals surface area contributed by atoms with Gasteiger partial charge in [-0.15, -0.1) is 0 Å². The van der Waals surface area contributed by atoms with E-state index in [0.29, 0.717) is 40.7 Å². The summed E-state index contributed by atoms with van der Waals surface area (Å²) in [6.45, 7) is 4.65. The molecule has 1 amide bonds. The Balaban J connectivity index is 1.88. The van der Waals surface area contributed by atoms with Gasteiger partial charge >= 0.3 is 0 Å². The summed E-state index contributed by atoms with van der Waals surface area (Å²) >= 11 is 0. The van der Waals surface area contributed by atoms with Crippen LogP contribution in [0.15, 0.2) is 72.3 Å². The van der Waals surface area contributed by atoms with Gasteiger partial charge in [0, 0.05) is 23.8 Å². The van der Waals surface area contributed by atoms with Crippen molar-refractivity contribution in [3.8, 4) is 17.2 Å².